The highest BCUT2D eigenvalue weighted by molar-refractivity contribution is 6.31. The van der Waals surface area contributed by atoms with Crippen molar-refractivity contribution in [2.24, 2.45) is 7.05 Å². The van der Waals surface area contributed by atoms with Gasteiger partial charge in [0.15, 0.2) is 0 Å². The van der Waals surface area contributed by atoms with Crippen LogP contribution in [0.4, 0.5) is 0 Å². The lowest BCUT2D eigenvalue weighted by Crippen LogP contribution is -2.15. The zero-order valence-corrected chi connectivity index (χ0v) is 12.5. The molecule has 0 fully saturated rings. The standard InChI is InChI=1S/C15H20ClN3/c1-4-12-5-7-13(8-6-12)9-17-10-14-15(16)11(2)18-19(14)3/h5-8,17H,4,9-10H2,1-3H3. The SMILES string of the molecule is CCc1ccc(CNCc2c(Cl)c(C)nn2C)cc1. The zero-order valence-electron chi connectivity index (χ0n) is 11.7. The number of hydrogen-bond acceptors (Lipinski definition) is 2. The monoisotopic (exact) mass is 277 g/mol. The Morgan fingerprint density at radius 1 is 1.16 bits per heavy atom. The molecule has 0 saturated carbocycles. The highest BCUT2D eigenvalue weighted by atomic mass is 35.5. The molecule has 1 aromatic carbocycles. The molecular weight excluding hydrogens is 258 g/mol. The molecule has 0 aliphatic rings. The van der Waals surface area contributed by atoms with Gasteiger partial charge in [-0.15, -0.1) is 0 Å². The molecule has 3 nitrogen and oxygen atoms in total. The minimum absolute atomic E-state index is 0.728. The van der Waals surface area contributed by atoms with Gasteiger partial charge in [-0.3, -0.25) is 4.68 Å². The van der Waals surface area contributed by atoms with Crippen LogP contribution in [0.15, 0.2) is 24.3 Å². The van der Waals surface area contributed by atoms with Crippen LogP contribution in [0.5, 0.6) is 0 Å². The summed E-state index contributed by atoms with van der Waals surface area (Å²) in [5.41, 5.74) is 4.57. The summed E-state index contributed by atoms with van der Waals surface area (Å²) >= 11 is 6.21. The maximum atomic E-state index is 6.21. The lowest BCUT2D eigenvalue weighted by atomic mass is 10.1. The van der Waals surface area contributed by atoms with Gasteiger partial charge in [0, 0.05) is 20.1 Å². The first-order valence-corrected chi connectivity index (χ1v) is 6.96. The molecule has 0 aliphatic carbocycles. The fourth-order valence-corrected chi connectivity index (χ4v) is 2.32. The Labute approximate surface area is 119 Å². The molecule has 0 atom stereocenters. The summed E-state index contributed by atoms with van der Waals surface area (Å²) in [5, 5.41) is 8.47. The number of aryl methyl sites for hydroxylation is 3. The molecule has 2 aromatic rings. The Hall–Kier alpha value is -1.32. The molecule has 1 aromatic heterocycles. The fourth-order valence-electron chi connectivity index (χ4n) is 2.09. The van der Waals surface area contributed by atoms with Crippen molar-refractivity contribution in [2.45, 2.75) is 33.4 Å². The van der Waals surface area contributed by atoms with E-state index < -0.39 is 0 Å². The van der Waals surface area contributed by atoms with Crippen LogP contribution in [0.3, 0.4) is 0 Å². The number of rotatable bonds is 5. The van der Waals surface area contributed by atoms with Crippen molar-refractivity contribution in [3.8, 4) is 0 Å². The third kappa shape index (κ3) is 3.37. The second-order valence-corrected chi connectivity index (χ2v) is 5.12. The smallest absolute Gasteiger partial charge is 0.0860 e. The lowest BCUT2D eigenvalue weighted by Gasteiger charge is -2.07. The Bertz CT molecular complexity index is 543. The van der Waals surface area contributed by atoms with E-state index in [9.17, 15) is 0 Å². The zero-order chi connectivity index (χ0) is 13.8. The Morgan fingerprint density at radius 3 is 2.32 bits per heavy atom. The molecule has 2 rings (SSSR count). The molecule has 4 heteroatoms. The molecule has 0 radical (unpaired) electrons. The van der Waals surface area contributed by atoms with Crippen LogP contribution in [0.2, 0.25) is 5.02 Å². The number of halogens is 1. The molecule has 102 valence electrons. The van der Waals surface area contributed by atoms with E-state index >= 15 is 0 Å². The Morgan fingerprint density at radius 2 is 1.79 bits per heavy atom. The van der Waals surface area contributed by atoms with Crippen molar-refractivity contribution in [2.75, 3.05) is 0 Å². The minimum Gasteiger partial charge on any atom is -0.307 e. The average molecular weight is 278 g/mol. The van der Waals surface area contributed by atoms with E-state index in [0.717, 1.165) is 35.9 Å². The van der Waals surface area contributed by atoms with Crippen LogP contribution >= 0.6 is 11.6 Å². The van der Waals surface area contributed by atoms with Gasteiger partial charge < -0.3 is 5.32 Å². The summed E-state index contributed by atoms with van der Waals surface area (Å²) in [6.07, 6.45) is 1.08. The minimum atomic E-state index is 0.728. The molecule has 0 unspecified atom stereocenters. The predicted molar refractivity (Wildman–Crippen MR) is 79.3 cm³/mol. The second kappa shape index (κ2) is 6.22. The summed E-state index contributed by atoms with van der Waals surface area (Å²) in [7, 11) is 1.92. The van der Waals surface area contributed by atoms with Crippen molar-refractivity contribution in [3.05, 3.63) is 51.8 Å². The Balaban J connectivity index is 1.92. The molecule has 0 amide bonds. The van der Waals surface area contributed by atoms with Crippen LogP contribution in [-0.2, 0) is 26.6 Å². The molecule has 1 N–H and O–H groups in total. The average Bonchev–Trinajstić information content (AvgIpc) is 2.66. The molecule has 0 spiro atoms. The number of aromatic nitrogens is 2. The van der Waals surface area contributed by atoms with Gasteiger partial charge in [0.2, 0.25) is 0 Å². The van der Waals surface area contributed by atoms with E-state index in [2.05, 4.69) is 41.6 Å². The van der Waals surface area contributed by atoms with Gasteiger partial charge >= 0.3 is 0 Å². The first-order valence-electron chi connectivity index (χ1n) is 6.58. The van der Waals surface area contributed by atoms with Crippen molar-refractivity contribution in [3.63, 3.8) is 0 Å². The number of nitrogens with one attached hydrogen (secondary N) is 1. The summed E-state index contributed by atoms with van der Waals surface area (Å²) < 4.78 is 1.84. The number of nitrogens with zero attached hydrogens (tertiary/aromatic N) is 2. The van der Waals surface area contributed by atoms with Crippen LogP contribution in [0.1, 0.15) is 29.4 Å². The second-order valence-electron chi connectivity index (χ2n) is 4.74. The first-order chi connectivity index (χ1) is 9.11. The van der Waals surface area contributed by atoms with Crippen molar-refractivity contribution in [1.82, 2.24) is 15.1 Å². The quantitative estimate of drug-likeness (QED) is 0.909. The predicted octanol–water partition coefficient (Wildman–Crippen LogP) is 3.23. The van der Waals surface area contributed by atoms with Crippen LogP contribution in [0.25, 0.3) is 0 Å². The van der Waals surface area contributed by atoms with Crippen molar-refractivity contribution in [1.29, 1.82) is 0 Å². The van der Waals surface area contributed by atoms with Gasteiger partial charge in [-0.2, -0.15) is 5.10 Å². The van der Waals surface area contributed by atoms with E-state index in [4.69, 9.17) is 11.6 Å². The number of benzene rings is 1. The maximum absolute atomic E-state index is 6.21. The largest absolute Gasteiger partial charge is 0.307 e. The van der Waals surface area contributed by atoms with E-state index in [0.29, 0.717) is 0 Å². The van der Waals surface area contributed by atoms with Crippen LogP contribution in [0, 0.1) is 6.92 Å². The van der Waals surface area contributed by atoms with Crippen molar-refractivity contribution >= 4 is 11.6 Å². The highest BCUT2D eigenvalue weighted by Gasteiger charge is 2.09. The van der Waals surface area contributed by atoms with Gasteiger partial charge in [0.05, 0.1) is 16.4 Å². The van der Waals surface area contributed by atoms with Gasteiger partial charge in [0.25, 0.3) is 0 Å². The summed E-state index contributed by atoms with van der Waals surface area (Å²) in [4.78, 5) is 0. The van der Waals surface area contributed by atoms with Crippen LogP contribution in [-0.4, -0.2) is 9.78 Å². The van der Waals surface area contributed by atoms with E-state index in [1.54, 1.807) is 0 Å². The van der Waals surface area contributed by atoms with Gasteiger partial charge in [-0.05, 0) is 24.5 Å². The molecule has 0 aliphatic heterocycles. The summed E-state index contributed by atoms with van der Waals surface area (Å²) in [6.45, 7) is 5.66. The third-order valence-electron chi connectivity index (χ3n) is 3.31. The molecule has 0 saturated heterocycles. The number of hydrogen-bond donors (Lipinski definition) is 1. The summed E-state index contributed by atoms with van der Waals surface area (Å²) in [5.74, 6) is 0. The molecule has 1 heterocycles. The lowest BCUT2D eigenvalue weighted by molar-refractivity contribution is 0.624. The van der Waals surface area contributed by atoms with E-state index in [-0.39, 0.29) is 0 Å². The molecule has 0 bridgehead atoms. The molecule has 19 heavy (non-hydrogen) atoms. The highest BCUT2D eigenvalue weighted by Crippen LogP contribution is 2.19. The van der Waals surface area contributed by atoms with Gasteiger partial charge in [0.1, 0.15) is 0 Å². The molecular formula is C15H20ClN3. The van der Waals surface area contributed by atoms with Gasteiger partial charge in [-0.25, -0.2) is 0 Å². The normalized spacial score (nSPS) is 10.9. The third-order valence-corrected chi connectivity index (χ3v) is 3.81. The topological polar surface area (TPSA) is 29.9 Å². The van der Waals surface area contributed by atoms with Gasteiger partial charge in [-0.1, -0.05) is 42.8 Å². The van der Waals surface area contributed by atoms with Crippen molar-refractivity contribution < 1.29 is 0 Å². The first kappa shape index (κ1) is 14.1. The maximum Gasteiger partial charge on any atom is 0.0860 e. The summed E-state index contributed by atoms with van der Waals surface area (Å²) in [6, 6.07) is 8.69. The Kier molecular flexibility index (Phi) is 4.61. The fraction of sp³-hybridized carbons (Fsp3) is 0.400. The van der Waals surface area contributed by atoms with E-state index in [1.807, 2.05) is 18.7 Å². The van der Waals surface area contributed by atoms with E-state index in [1.165, 1.54) is 11.1 Å². The van der Waals surface area contributed by atoms with Crippen LogP contribution < -0.4 is 5.32 Å².